The molecule has 92 valence electrons. The molecule has 1 aliphatic heterocycles. The average molecular weight is 235 g/mol. The van der Waals surface area contributed by atoms with Crippen molar-refractivity contribution in [2.75, 3.05) is 24.5 Å². The van der Waals surface area contributed by atoms with Crippen LogP contribution < -0.4 is 10.2 Å². The summed E-state index contributed by atoms with van der Waals surface area (Å²) < 4.78 is 0. The molecule has 17 heavy (non-hydrogen) atoms. The van der Waals surface area contributed by atoms with Crippen LogP contribution >= 0.6 is 0 Å². The molecule has 5 nitrogen and oxygen atoms in total. The van der Waals surface area contributed by atoms with Crippen molar-refractivity contribution >= 4 is 11.7 Å². The molecule has 0 unspecified atom stereocenters. The number of aliphatic carboxylic acids is 1. The first-order chi connectivity index (χ1) is 8.25. The van der Waals surface area contributed by atoms with Crippen LogP contribution in [0.1, 0.15) is 12.8 Å². The van der Waals surface area contributed by atoms with Gasteiger partial charge in [-0.25, -0.2) is 0 Å². The summed E-state index contributed by atoms with van der Waals surface area (Å²) in [7, 11) is 0. The molecule has 0 spiro atoms. The summed E-state index contributed by atoms with van der Waals surface area (Å²) in [5.41, 5.74) is 1.19. The highest BCUT2D eigenvalue weighted by Gasteiger charge is 2.19. The van der Waals surface area contributed by atoms with E-state index in [0.717, 1.165) is 25.9 Å². The van der Waals surface area contributed by atoms with Crippen molar-refractivity contribution in [3.8, 4) is 0 Å². The standard InChI is InChI=1S/C12H17N3O2/c16-12(17)9-14-10-3-7-15(8-4-10)11-1-5-13-6-2-11/h1-2,5-6,10,14H,3-4,7-9H2,(H,16,17). The maximum absolute atomic E-state index is 10.4. The lowest BCUT2D eigenvalue weighted by Crippen LogP contribution is -2.44. The van der Waals surface area contributed by atoms with E-state index in [2.05, 4.69) is 15.2 Å². The van der Waals surface area contributed by atoms with Crippen molar-refractivity contribution in [3.05, 3.63) is 24.5 Å². The third-order valence-corrected chi connectivity index (χ3v) is 3.06. The summed E-state index contributed by atoms with van der Waals surface area (Å²) in [5, 5.41) is 11.6. The van der Waals surface area contributed by atoms with Crippen LogP contribution in [-0.4, -0.2) is 41.7 Å². The van der Waals surface area contributed by atoms with Crippen LogP contribution in [0.2, 0.25) is 0 Å². The van der Waals surface area contributed by atoms with Crippen molar-refractivity contribution in [1.29, 1.82) is 0 Å². The van der Waals surface area contributed by atoms with E-state index >= 15 is 0 Å². The summed E-state index contributed by atoms with van der Waals surface area (Å²) >= 11 is 0. The molecule has 1 aromatic rings. The van der Waals surface area contributed by atoms with Crippen LogP contribution in [0.4, 0.5) is 5.69 Å². The first-order valence-electron chi connectivity index (χ1n) is 5.86. The Morgan fingerprint density at radius 2 is 2.06 bits per heavy atom. The van der Waals surface area contributed by atoms with E-state index in [1.165, 1.54) is 5.69 Å². The first-order valence-corrected chi connectivity index (χ1v) is 5.86. The molecule has 1 aliphatic rings. The van der Waals surface area contributed by atoms with E-state index in [-0.39, 0.29) is 6.54 Å². The largest absolute Gasteiger partial charge is 0.480 e. The number of carboxylic acid groups (broad SMARTS) is 1. The zero-order valence-electron chi connectivity index (χ0n) is 9.67. The van der Waals surface area contributed by atoms with E-state index in [0.29, 0.717) is 6.04 Å². The molecule has 2 rings (SSSR count). The van der Waals surface area contributed by atoms with Gasteiger partial charge in [0.05, 0.1) is 6.54 Å². The third kappa shape index (κ3) is 3.42. The summed E-state index contributed by atoms with van der Waals surface area (Å²) in [6, 6.07) is 4.33. The van der Waals surface area contributed by atoms with Gasteiger partial charge in [0.25, 0.3) is 0 Å². The summed E-state index contributed by atoms with van der Waals surface area (Å²) in [6.45, 7) is 1.97. The number of carboxylic acids is 1. The fourth-order valence-electron chi connectivity index (χ4n) is 2.13. The van der Waals surface area contributed by atoms with Crippen molar-refractivity contribution in [3.63, 3.8) is 0 Å². The monoisotopic (exact) mass is 235 g/mol. The van der Waals surface area contributed by atoms with Gasteiger partial charge in [-0.3, -0.25) is 9.78 Å². The number of pyridine rings is 1. The Kier molecular flexibility index (Phi) is 3.93. The molecule has 0 bridgehead atoms. The van der Waals surface area contributed by atoms with Crippen molar-refractivity contribution in [1.82, 2.24) is 10.3 Å². The van der Waals surface area contributed by atoms with E-state index in [9.17, 15) is 4.79 Å². The Labute approximate surface area is 100 Å². The van der Waals surface area contributed by atoms with Crippen LogP contribution in [0, 0.1) is 0 Å². The molecule has 1 saturated heterocycles. The second-order valence-corrected chi connectivity index (χ2v) is 4.24. The Hall–Kier alpha value is -1.62. The number of carbonyl (C=O) groups is 1. The smallest absolute Gasteiger partial charge is 0.317 e. The molecule has 1 aromatic heterocycles. The van der Waals surface area contributed by atoms with Crippen LogP contribution in [-0.2, 0) is 4.79 Å². The summed E-state index contributed by atoms with van der Waals surface area (Å²) in [4.78, 5) is 16.8. The Morgan fingerprint density at radius 1 is 1.41 bits per heavy atom. The maximum atomic E-state index is 10.4. The fourth-order valence-corrected chi connectivity index (χ4v) is 2.13. The molecule has 2 heterocycles. The predicted molar refractivity (Wildman–Crippen MR) is 65.1 cm³/mol. The molecule has 0 aliphatic carbocycles. The number of anilines is 1. The zero-order valence-corrected chi connectivity index (χ0v) is 9.67. The molecular weight excluding hydrogens is 218 g/mol. The van der Waals surface area contributed by atoms with Crippen LogP contribution in [0.25, 0.3) is 0 Å². The first kappa shape index (κ1) is 11.9. The normalized spacial score (nSPS) is 17.1. The number of piperidine rings is 1. The minimum Gasteiger partial charge on any atom is -0.480 e. The van der Waals surface area contributed by atoms with Crippen LogP contribution in [0.5, 0.6) is 0 Å². The highest BCUT2D eigenvalue weighted by molar-refractivity contribution is 5.69. The van der Waals surface area contributed by atoms with Crippen LogP contribution in [0.15, 0.2) is 24.5 Å². The highest BCUT2D eigenvalue weighted by Crippen LogP contribution is 2.18. The number of nitrogens with one attached hydrogen (secondary N) is 1. The lowest BCUT2D eigenvalue weighted by Gasteiger charge is -2.33. The topological polar surface area (TPSA) is 65.5 Å². The third-order valence-electron chi connectivity index (χ3n) is 3.06. The number of hydrogen-bond acceptors (Lipinski definition) is 4. The maximum Gasteiger partial charge on any atom is 0.317 e. The van der Waals surface area contributed by atoms with Gasteiger partial charge >= 0.3 is 5.97 Å². The summed E-state index contributed by atoms with van der Waals surface area (Å²) in [6.07, 6.45) is 5.55. The van der Waals surface area contributed by atoms with E-state index in [4.69, 9.17) is 5.11 Å². The number of rotatable bonds is 4. The number of nitrogens with zero attached hydrogens (tertiary/aromatic N) is 2. The quantitative estimate of drug-likeness (QED) is 0.805. The molecule has 0 aromatic carbocycles. The van der Waals surface area contributed by atoms with Gasteiger partial charge in [0, 0.05) is 37.2 Å². The lowest BCUT2D eigenvalue weighted by atomic mass is 10.0. The molecular formula is C12H17N3O2. The van der Waals surface area contributed by atoms with Crippen LogP contribution in [0.3, 0.4) is 0 Å². The molecule has 0 radical (unpaired) electrons. The SMILES string of the molecule is O=C(O)CNC1CCN(c2ccncc2)CC1. The highest BCUT2D eigenvalue weighted by atomic mass is 16.4. The van der Waals surface area contributed by atoms with Crippen molar-refractivity contribution < 1.29 is 9.90 Å². The summed E-state index contributed by atoms with van der Waals surface area (Å²) in [5.74, 6) is -0.790. The predicted octanol–water partition coefficient (Wildman–Crippen LogP) is 0.725. The van der Waals surface area contributed by atoms with Crippen molar-refractivity contribution in [2.45, 2.75) is 18.9 Å². The molecule has 1 fully saturated rings. The Morgan fingerprint density at radius 3 is 2.65 bits per heavy atom. The van der Waals surface area contributed by atoms with Gasteiger partial charge < -0.3 is 15.3 Å². The minimum atomic E-state index is -0.790. The van der Waals surface area contributed by atoms with E-state index in [1.54, 1.807) is 12.4 Å². The zero-order chi connectivity index (χ0) is 12.1. The van der Waals surface area contributed by atoms with Gasteiger partial charge in [0.2, 0.25) is 0 Å². The average Bonchev–Trinajstić information content (AvgIpc) is 2.38. The van der Waals surface area contributed by atoms with Gasteiger partial charge in [-0.1, -0.05) is 0 Å². The molecule has 0 atom stereocenters. The Bertz CT molecular complexity index is 361. The van der Waals surface area contributed by atoms with Gasteiger partial charge in [-0.05, 0) is 25.0 Å². The fraction of sp³-hybridized carbons (Fsp3) is 0.500. The lowest BCUT2D eigenvalue weighted by molar-refractivity contribution is -0.136. The van der Waals surface area contributed by atoms with E-state index < -0.39 is 5.97 Å². The van der Waals surface area contributed by atoms with Gasteiger partial charge in [-0.2, -0.15) is 0 Å². The number of aromatic nitrogens is 1. The Balaban J connectivity index is 1.80. The van der Waals surface area contributed by atoms with E-state index in [1.807, 2.05) is 12.1 Å². The van der Waals surface area contributed by atoms with Crippen molar-refractivity contribution in [2.24, 2.45) is 0 Å². The van der Waals surface area contributed by atoms with Gasteiger partial charge in [0.15, 0.2) is 0 Å². The second-order valence-electron chi connectivity index (χ2n) is 4.24. The molecule has 0 saturated carbocycles. The molecule has 5 heteroatoms. The molecule has 2 N–H and O–H groups in total. The molecule has 0 amide bonds. The minimum absolute atomic E-state index is 0.0555. The van der Waals surface area contributed by atoms with Gasteiger partial charge in [-0.15, -0.1) is 0 Å². The second kappa shape index (κ2) is 5.63. The van der Waals surface area contributed by atoms with Gasteiger partial charge in [0.1, 0.15) is 0 Å². The number of hydrogen-bond donors (Lipinski definition) is 2.